The summed E-state index contributed by atoms with van der Waals surface area (Å²) in [5.41, 5.74) is 5.50. The highest BCUT2D eigenvalue weighted by atomic mass is 16.5. The van der Waals surface area contributed by atoms with Crippen LogP contribution in [0.2, 0.25) is 0 Å². The van der Waals surface area contributed by atoms with Crippen LogP contribution in [0.25, 0.3) is 0 Å². The first-order chi connectivity index (χ1) is 6.46. The molecule has 3 N–H and O–H groups in total. The fourth-order valence-corrected chi connectivity index (χ4v) is 0.876. The SMILES string of the molecule is CCC(C)(C)CNC(=O)C(CN)OC. The van der Waals surface area contributed by atoms with Crippen LogP contribution in [0.1, 0.15) is 27.2 Å². The number of nitrogens with one attached hydrogen (secondary N) is 1. The van der Waals surface area contributed by atoms with Gasteiger partial charge in [0.05, 0.1) is 0 Å². The normalized spacial score (nSPS) is 13.8. The standard InChI is InChI=1S/C10H22N2O2/c1-5-10(2,3)7-12-9(13)8(6-11)14-4/h8H,5-7,11H2,1-4H3,(H,12,13). The van der Waals surface area contributed by atoms with Crippen molar-refractivity contribution in [1.82, 2.24) is 5.32 Å². The number of hydrogen-bond acceptors (Lipinski definition) is 3. The van der Waals surface area contributed by atoms with Gasteiger partial charge < -0.3 is 15.8 Å². The maximum absolute atomic E-state index is 11.5. The van der Waals surface area contributed by atoms with Crippen molar-refractivity contribution in [3.63, 3.8) is 0 Å². The summed E-state index contributed by atoms with van der Waals surface area (Å²) in [5, 5.41) is 2.83. The van der Waals surface area contributed by atoms with E-state index in [0.717, 1.165) is 6.42 Å². The molecule has 1 amide bonds. The topological polar surface area (TPSA) is 64.4 Å². The average molecular weight is 202 g/mol. The van der Waals surface area contributed by atoms with Crippen LogP contribution in [0.4, 0.5) is 0 Å². The van der Waals surface area contributed by atoms with E-state index in [2.05, 4.69) is 26.1 Å². The highest BCUT2D eigenvalue weighted by Crippen LogP contribution is 2.17. The largest absolute Gasteiger partial charge is 0.370 e. The third-order valence-electron chi connectivity index (χ3n) is 2.49. The van der Waals surface area contributed by atoms with Gasteiger partial charge in [-0.1, -0.05) is 20.8 Å². The van der Waals surface area contributed by atoms with Crippen LogP contribution >= 0.6 is 0 Å². The summed E-state index contributed by atoms with van der Waals surface area (Å²) in [6, 6.07) is 0. The monoisotopic (exact) mass is 202 g/mol. The molecule has 0 aromatic rings. The Hall–Kier alpha value is -0.610. The number of rotatable bonds is 6. The van der Waals surface area contributed by atoms with Crippen LogP contribution < -0.4 is 11.1 Å². The quantitative estimate of drug-likeness (QED) is 0.659. The molecule has 0 heterocycles. The molecule has 0 fully saturated rings. The number of nitrogens with two attached hydrogens (primary N) is 1. The third kappa shape index (κ3) is 4.58. The number of ether oxygens (including phenoxy) is 1. The van der Waals surface area contributed by atoms with Crippen molar-refractivity contribution in [2.75, 3.05) is 20.2 Å². The molecule has 0 radical (unpaired) electrons. The first kappa shape index (κ1) is 13.4. The van der Waals surface area contributed by atoms with E-state index in [1.165, 1.54) is 7.11 Å². The van der Waals surface area contributed by atoms with E-state index < -0.39 is 6.10 Å². The van der Waals surface area contributed by atoms with E-state index in [9.17, 15) is 4.79 Å². The van der Waals surface area contributed by atoms with Gasteiger partial charge in [0.2, 0.25) is 5.91 Å². The smallest absolute Gasteiger partial charge is 0.250 e. The zero-order valence-corrected chi connectivity index (χ0v) is 9.59. The summed E-state index contributed by atoms with van der Waals surface area (Å²) in [7, 11) is 1.49. The van der Waals surface area contributed by atoms with E-state index >= 15 is 0 Å². The van der Waals surface area contributed by atoms with Crippen LogP contribution in [-0.2, 0) is 9.53 Å². The number of methoxy groups -OCH3 is 1. The maximum Gasteiger partial charge on any atom is 0.250 e. The molecule has 0 rings (SSSR count). The molecule has 0 bridgehead atoms. The second kappa shape index (κ2) is 5.98. The van der Waals surface area contributed by atoms with E-state index in [1.807, 2.05) is 0 Å². The Labute approximate surface area is 86.2 Å². The molecule has 0 spiro atoms. The zero-order valence-electron chi connectivity index (χ0n) is 9.59. The van der Waals surface area contributed by atoms with Crippen molar-refractivity contribution in [3.05, 3.63) is 0 Å². The maximum atomic E-state index is 11.5. The lowest BCUT2D eigenvalue weighted by atomic mass is 9.90. The fourth-order valence-electron chi connectivity index (χ4n) is 0.876. The van der Waals surface area contributed by atoms with Gasteiger partial charge in [0, 0.05) is 20.2 Å². The van der Waals surface area contributed by atoms with Crippen molar-refractivity contribution in [3.8, 4) is 0 Å². The summed E-state index contributed by atoms with van der Waals surface area (Å²) in [6.45, 7) is 7.19. The summed E-state index contributed by atoms with van der Waals surface area (Å²) in [5.74, 6) is -0.128. The first-order valence-electron chi connectivity index (χ1n) is 4.97. The highest BCUT2D eigenvalue weighted by Gasteiger charge is 2.20. The molecule has 4 heteroatoms. The fraction of sp³-hybridized carbons (Fsp3) is 0.900. The molecule has 1 unspecified atom stereocenters. The molecule has 1 atom stereocenters. The third-order valence-corrected chi connectivity index (χ3v) is 2.49. The molecule has 0 aromatic heterocycles. The highest BCUT2D eigenvalue weighted by molar-refractivity contribution is 5.81. The van der Waals surface area contributed by atoms with Gasteiger partial charge in [-0.05, 0) is 11.8 Å². The molecule has 0 aliphatic carbocycles. The molecule has 4 nitrogen and oxygen atoms in total. The molecule has 84 valence electrons. The summed E-state index contributed by atoms with van der Waals surface area (Å²) in [4.78, 5) is 11.5. The predicted octanol–water partition coefficient (Wildman–Crippen LogP) is 0.513. The molecular weight excluding hydrogens is 180 g/mol. The minimum atomic E-state index is -0.525. The van der Waals surface area contributed by atoms with Crippen LogP contribution in [0.3, 0.4) is 0 Å². The van der Waals surface area contributed by atoms with Crippen LogP contribution in [0.15, 0.2) is 0 Å². The summed E-state index contributed by atoms with van der Waals surface area (Å²) < 4.78 is 4.92. The lowest BCUT2D eigenvalue weighted by Crippen LogP contribution is -2.43. The number of carbonyl (C=O) groups excluding carboxylic acids is 1. The molecule has 14 heavy (non-hydrogen) atoms. The van der Waals surface area contributed by atoms with Crippen molar-refractivity contribution < 1.29 is 9.53 Å². The van der Waals surface area contributed by atoms with Gasteiger partial charge in [-0.3, -0.25) is 4.79 Å². The van der Waals surface area contributed by atoms with Gasteiger partial charge in [-0.15, -0.1) is 0 Å². The van der Waals surface area contributed by atoms with Crippen LogP contribution in [-0.4, -0.2) is 32.2 Å². The predicted molar refractivity (Wildman–Crippen MR) is 56.9 cm³/mol. The first-order valence-corrected chi connectivity index (χ1v) is 4.97. The minimum absolute atomic E-state index is 0.128. The van der Waals surface area contributed by atoms with Gasteiger partial charge in [-0.2, -0.15) is 0 Å². The summed E-state index contributed by atoms with van der Waals surface area (Å²) in [6.07, 6.45) is 0.496. The van der Waals surface area contributed by atoms with Crippen molar-refractivity contribution in [2.45, 2.75) is 33.3 Å². The van der Waals surface area contributed by atoms with E-state index in [1.54, 1.807) is 0 Å². The zero-order chi connectivity index (χ0) is 11.2. The lowest BCUT2D eigenvalue weighted by Gasteiger charge is -2.24. The van der Waals surface area contributed by atoms with Crippen molar-refractivity contribution >= 4 is 5.91 Å². The Bertz CT molecular complexity index is 177. The summed E-state index contributed by atoms with van der Waals surface area (Å²) >= 11 is 0. The van der Waals surface area contributed by atoms with E-state index in [0.29, 0.717) is 6.54 Å². The Morgan fingerprint density at radius 1 is 1.57 bits per heavy atom. The second-order valence-corrected chi connectivity index (χ2v) is 4.20. The van der Waals surface area contributed by atoms with Gasteiger partial charge >= 0.3 is 0 Å². The molecule has 0 saturated heterocycles. The Morgan fingerprint density at radius 3 is 2.50 bits per heavy atom. The van der Waals surface area contributed by atoms with Gasteiger partial charge in [0.25, 0.3) is 0 Å². The Kier molecular flexibility index (Phi) is 5.72. The van der Waals surface area contributed by atoms with Crippen molar-refractivity contribution in [2.24, 2.45) is 11.1 Å². The van der Waals surface area contributed by atoms with E-state index in [-0.39, 0.29) is 17.9 Å². The second-order valence-electron chi connectivity index (χ2n) is 4.20. The van der Waals surface area contributed by atoms with Gasteiger partial charge in [-0.25, -0.2) is 0 Å². The average Bonchev–Trinajstić information content (AvgIpc) is 2.17. The van der Waals surface area contributed by atoms with E-state index in [4.69, 9.17) is 10.5 Å². The van der Waals surface area contributed by atoms with Crippen LogP contribution in [0.5, 0.6) is 0 Å². The molecule has 0 aliphatic rings. The molecule has 0 saturated carbocycles. The van der Waals surface area contributed by atoms with Gasteiger partial charge in [0.1, 0.15) is 6.10 Å². The van der Waals surface area contributed by atoms with Crippen molar-refractivity contribution in [1.29, 1.82) is 0 Å². The van der Waals surface area contributed by atoms with Gasteiger partial charge in [0.15, 0.2) is 0 Å². The molecular formula is C10H22N2O2. The van der Waals surface area contributed by atoms with Crippen LogP contribution in [0, 0.1) is 5.41 Å². The lowest BCUT2D eigenvalue weighted by molar-refractivity contribution is -0.130. The number of hydrogen-bond donors (Lipinski definition) is 2. The molecule has 0 aliphatic heterocycles. The molecule has 0 aromatic carbocycles. The Morgan fingerprint density at radius 2 is 2.14 bits per heavy atom. The number of amides is 1. The Balaban J connectivity index is 3.95. The number of carbonyl (C=O) groups is 1. The minimum Gasteiger partial charge on any atom is -0.370 e.